The minimum absolute atomic E-state index is 0.0891. The van der Waals surface area contributed by atoms with Crippen LogP contribution in [-0.2, 0) is 9.59 Å². The second kappa shape index (κ2) is 4.18. The van der Waals surface area contributed by atoms with Gasteiger partial charge in [-0.05, 0) is 18.8 Å². The van der Waals surface area contributed by atoms with Crippen LogP contribution in [0.25, 0.3) is 0 Å². The Hall–Kier alpha value is -1.10. The smallest absolute Gasteiger partial charge is 0.326 e. The summed E-state index contributed by atoms with van der Waals surface area (Å²) in [5.74, 6) is -1.43. The summed E-state index contributed by atoms with van der Waals surface area (Å²) in [7, 11) is 0. The summed E-state index contributed by atoms with van der Waals surface area (Å²) in [4.78, 5) is 22.5. The van der Waals surface area contributed by atoms with Gasteiger partial charge < -0.3 is 16.2 Å². The lowest BCUT2D eigenvalue weighted by Crippen LogP contribution is -2.52. The predicted molar refractivity (Wildman–Crippen MR) is 55.2 cm³/mol. The summed E-state index contributed by atoms with van der Waals surface area (Å²) in [6, 6.07) is -0.830. The van der Waals surface area contributed by atoms with E-state index in [2.05, 4.69) is 5.32 Å². The highest BCUT2D eigenvalue weighted by atomic mass is 16.4. The molecule has 0 radical (unpaired) electrons. The molecule has 1 saturated carbocycles. The molecule has 1 aliphatic carbocycles. The van der Waals surface area contributed by atoms with Crippen LogP contribution in [0, 0.1) is 5.92 Å². The molecule has 0 aliphatic heterocycles. The number of amides is 1. The lowest BCUT2D eigenvalue weighted by Gasteiger charge is -2.21. The van der Waals surface area contributed by atoms with E-state index in [1.165, 1.54) is 0 Å². The van der Waals surface area contributed by atoms with Gasteiger partial charge in [-0.2, -0.15) is 0 Å². The molecule has 0 bridgehead atoms. The predicted octanol–water partition coefficient (Wildman–Crippen LogP) is 0.0932. The molecule has 0 saturated heterocycles. The van der Waals surface area contributed by atoms with Crippen LogP contribution in [0.5, 0.6) is 0 Å². The number of hydrogen-bond acceptors (Lipinski definition) is 3. The van der Waals surface area contributed by atoms with Crippen LogP contribution in [0.2, 0.25) is 0 Å². The van der Waals surface area contributed by atoms with E-state index in [9.17, 15) is 9.59 Å². The van der Waals surface area contributed by atoms with E-state index in [0.29, 0.717) is 19.3 Å². The van der Waals surface area contributed by atoms with E-state index in [-0.39, 0.29) is 11.8 Å². The standard InChI is InChI=1S/C10H18N2O3/c1-3-6(2)7(8(13)14)12-9(15)10(11)4-5-10/h6-7H,3-5,11H2,1-2H3,(H,12,15)(H,13,14)/t6-,7-/m0/s1. The van der Waals surface area contributed by atoms with Crippen molar-refractivity contribution in [2.75, 3.05) is 0 Å². The zero-order valence-corrected chi connectivity index (χ0v) is 9.12. The van der Waals surface area contributed by atoms with Crippen LogP contribution in [-0.4, -0.2) is 28.6 Å². The molecule has 5 heteroatoms. The summed E-state index contributed by atoms with van der Waals surface area (Å²) in [5.41, 5.74) is 4.87. The van der Waals surface area contributed by atoms with E-state index < -0.39 is 17.6 Å². The average molecular weight is 214 g/mol. The SMILES string of the molecule is CC[C@H](C)[C@H](NC(=O)C1(N)CC1)C(=O)O. The fourth-order valence-electron chi connectivity index (χ4n) is 1.33. The largest absolute Gasteiger partial charge is 0.480 e. The first-order valence-corrected chi connectivity index (χ1v) is 5.23. The Morgan fingerprint density at radius 3 is 2.40 bits per heavy atom. The normalized spacial score (nSPS) is 21.5. The lowest BCUT2D eigenvalue weighted by molar-refractivity contribution is -0.143. The third-order valence-corrected chi connectivity index (χ3v) is 3.01. The molecule has 0 aromatic carbocycles. The molecule has 86 valence electrons. The van der Waals surface area contributed by atoms with Crippen molar-refractivity contribution in [1.82, 2.24) is 5.32 Å². The van der Waals surface area contributed by atoms with Crippen LogP contribution < -0.4 is 11.1 Å². The number of carboxylic acid groups (broad SMARTS) is 1. The number of carbonyl (C=O) groups is 2. The van der Waals surface area contributed by atoms with Crippen LogP contribution in [0.3, 0.4) is 0 Å². The molecular weight excluding hydrogens is 196 g/mol. The maximum atomic E-state index is 11.6. The van der Waals surface area contributed by atoms with E-state index in [1.54, 1.807) is 6.92 Å². The monoisotopic (exact) mass is 214 g/mol. The van der Waals surface area contributed by atoms with Crippen molar-refractivity contribution in [3.05, 3.63) is 0 Å². The summed E-state index contributed by atoms with van der Waals surface area (Å²) < 4.78 is 0. The molecule has 1 rings (SSSR count). The lowest BCUT2D eigenvalue weighted by atomic mass is 9.99. The van der Waals surface area contributed by atoms with Crippen molar-refractivity contribution in [3.63, 3.8) is 0 Å². The van der Waals surface area contributed by atoms with Gasteiger partial charge >= 0.3 is 5.97 Å². The molecular formula is C10H18N2O3. The number of carboxylic acids is 1. The molecule has 4 N–H and O–H groups in total. The third-order valence-electron chi connectivity index (χ3n) is 3.01. The first-order chi connectivity index (χ1) is 6.90. The molecule has 1 amide bonds. The van der Waals surface area contributed by atoms with Gasteiger partial charge in [-0.3, -0.25) is 4.79 Å². The number of carbonyl (C=O) groups excluding carboxylic acids is 1. The zero-order chi connectivity index (χ0) is 11.6. The van der Waals surface area contributed by atoms with Gasteiger partial charge in [0.25, 0.3) is 0 Å². The van der Waals surface area contributed by atoms with Crippen molar-refractivity contribution in [2.45, 2.75) is 44.7 Å². The second-order valence-corrected chi connectivity index (χ2v) is 4.33. The van der Waals surface area contributed by atoms with Crippen molar-refractivity contribution >= 4 is 11.9 Å². The highest BCUT2D eigenvalue weighted by Gasteiger charge is 2.47. The summed E-state index contributed by atoms with van der Waals surface area (Å²) in [6.07, 6.45) is 1.99. The molecule has 2 atom stereocenters. The molecule has 15 heavy (non-hydrogen) atoms. The highest BCUT2D eigenvalue weighted by Crippen LogP contribution is 2.32. The Kier molecular flexibility index (Phi) is 3.34. The Morgan fingerprint density at radius 1 is 1.53 bits per heavy atom. The summed E-state index contributed by atoms with van der Waals surface area (Å²) in [5, 5.41) is 11.5. The van der Waals surface area contributed by atoms with Gasteiger partial charge in [0.1, 0.15) is 6.04 Å². The fourth-order valence-corrected chi connectivity index (χ4v) is 1.33. The van der Waals surface area contributed by atoms with Gasteiger partial charge in [-0.25, -0.2) is 4.79 Å². The molecule has 1 aliphatic rings. The Labute approximate surface area is 89.0 Å². The maximum absolute atomic E-state index is 11.6. The molecule has 0 heterocycles. The van der Waals surface area contributed by atoms with Crippen molar-refractivity contribution in [1.29, 1.82) is 0 Å². The van der Waals surface area contributed by atoms with Gasteiger partial charge in [-0.15, -0.1) is 0 Å². The highest BCUT2D eigenvalue weighted by molar-refractivity contribution is 5.92. The Bertz CT molecular complexity index is 274. The van der Waals surface area contributed by atoms with Crippen molar-refractivity contribution in [3.8, 4) is 0 Å². The van der Waals surface area contributed by atoms with E-state index in [0.717, 1.165) is 0 Å². The topological polar surface area (TPSA) is 92.4 Å². The molecule has 0 spiro atoms. The summed E-state index contributed by atoms with van der Waals surface area (Å²) >= 11 is 0. The number of nitrogens with two attached hydrogens (primary N) is 1. The van der Waals surface area contributed by atoms with Crippen molar-refractivity contribution in [2.24, 2.45) is 11.7 Å². The average Bonchev–Trinajstić information content (AvgIpc) is 2.92. The van der Waals surface area contributed by atoms with E-state index in [1.807, 2.05) is 6.92 Å². The first-order valence-electron chi connectivity index (χ1n) is 5.23. The number of nitrogens with one attached hydrogen (secondary N) is 1. The number of hydrogen-bond donors (Lipinski definition) is 3. The van der Waals surface area contributed by atoms with Gasteiger partial charge in [0.2, 0.25) is 5.91 Å². The third kappa shape index (κ3) is 2.68. The Morgan fingerprint density at radius 2 is 2.07 bits per heavy atom. The minimum atomic E-state index is -0.998. The van der Waals surface area contributed by atoms with Gasteiger partial charge in [-0.1, -0.05) is 20.3 Å². The zero-order valence-electron chi connectivity index (χ0n) is 9.12. The maximum Gasteiger partial charge on any atom is 0.326 e. The quantitative estimate of drug-likeness (QED) is 0.605. The Balaban J connectivity index is 2.58. The molecule has 0 aromatic heterocycles. The second-order valence-electron chi connectivity index (χ2n) is 4.33. The van der Waals surface area contributed by atoms with Crippen LogP contribution in [0.1, 0.15) is 33.1 Å². The molecule has 0 unspecified atom stereocenters. The fraction of sp³-hybridized carbons (Fsp3) is 0.800. The number of aliphatic carboxylic acids is 1. The van der Waals surface area contributed by atoms with Crippen LogP contribution >= 0.6 is 0 Å². The molecule has 5 nitrogen and oxygen atoms in total. The molecule has 1 fully saturated rings. The van der Waals surface area contributed by atoms with Crippen molar-refractivity contribution < 1.29 is 14.7 Å². The minimum Gasteiger partial charge on any atom is -0.480 e. The van der Waals surface area contributed by atoms with Crippen LogP contribution in [0.15, 0.2) is 0 Å². The van der Waals surface area contributed by atoms with Gasteiger partial charge in [0.05, 0.1) is 5.54 Å². The summed E-state index contributed by atoms with van der Waals surface area (Å²) in [6.45, 7) is 3.69. The van der Waals surface area contributed by atoms with E-state index >= 15 is 0 Å². The first kappa shape index (κ1) is 12.0. The number of rotatable bonds is 5. The van der Waals surface area contributed by atoms with Gasteiger partial charge in [0.15, 0.2) is 0 Å². The van der Waals surface area contributed by atoms with E-state index in [4.69, 9.17) is 10.8 Å². The molecule has 0 aromatic rings. The van der Waals surface area contributed by atoms with Crippen LogP contribution in [0.4, 0.5) is 0 Å². The van der Waals surface area contributed by atoms with Gasteiger partial charge in [0, 0.05) is 0 Å².